The van der Waals surface area contributed by atoms with E-state index in [2.05, 4.69) is 9.88 Å². The highest BCUT2D eigenvalue weighted by atomic mass is 32.2. The molecule has 10 nitrogen and oxygen atoms in total. The van der Waals surface area contributed by atoms with E-state index in [9.17, 15) is 13.2 Å². The molecule has 2 heterocycles. The SMILES string of the molecule is COc1ccc(CC(CN2CCCN(C(=O)OCc3ccccc3)CC2)N(CCN(C)C)S(=O)(=O)c2cccc3cnccc23)cc1. The van der Waals surface area contributed by atoms with Gasteiger partial charge in [0.25, 0.3) is 0 Å². The molecule has 47 heavy (non-hydrogen) atoms. The second kappa shape index (κ2) is 16.2. The van der Waals surface area contributed by atoms with Gasteiger partial charge in [0.05, 0.1) is 12.0 Å². The largest absolute Gasteiger partial charge is 0.497 e. The Morgan fingerprint density at radius 1 is 0.894 bits per heavy atom. The number of benzene rings is 3. The van der Waals surface area contributed by atoms with Gasteiger partial charge in [-0.1, -0.05) is 54.6 Å². The van der Waals surface area contributed by atoms with Crippen LogP contribution in [0, 0.1) is 0 Å². The lowest BCUT2D eigenvalue weighted by Crippen LogP contribution is -2.50. The fourth-order valence-electron chi connectivity index (χ4n) is 5.98. The number of rotatable bonds is 13. The summed E-state index contributed by atoms with van der Waals surface area (Å²) < 4.78 is 42.1. The van der Waals surface area contributed by atoms with Crippen molar-refractivity contribution in [3.63, 3.8) is 0 Å². The van der Waals surface area contributed by atoms with Crippen LogP contribution in [0.15, 0.2) is 96.2 Å². The first-order chi connectivity index (χ1) is 22.7. The third-order valence-electron chi connectivity index (χ3n) is 8.55. The number of fused-ring (bicyclic) bond motifs is 1. The van der Waals surface area contributed by atoms with E-state index < -0.39 is 10.0 Å². The topological polar surface area (TPSA) is 95.5 Å². The number of ether oxygens (including phenoxy) is 2. The molecule has 1 aromatic heterocycles. The van der Waals surface area contributed by atoms with Crippen molar-refractivity contribution in [2.24, 2.45) is 0 Å². The van der Waals surface area contributed by atoms with Crippen LogP contribution in [0.2, 0.25) is 0 Å². The Morgan fingerprint density at radius 2 is 1.68 bits per heavy atom. The number of aromatic nitrogens is 1. The number of carbonyl (C=O) groups excluding carboxylic acids is 1. The number of sulfonamides is 1. The van der Waals surface area contributed by atoms with Gasteiger partial charge in [0.15, 0.2) is 0 Å². The maximum atomic E-state index is 14.7. The maximum absolute atomic E-state index is 14.7. The predicted octanol–water partition coefficient (Wildman–Crippen LogP) is 4.75. The Balaban J connectivity index is 1.40. The molecule has 1 unspecified atom stereocenters. The summed E-state index contributed by atoms with van der Waals surface area (Å²) in [5, 5.41) is 1.43. The third-order valence-corrected chi connectivity index (χ3v) is 10.6. The summed E-state index contributed by atoms with van der Waals surface area (Å²) in [5.41, 5.74) is 1.96. The first kappa shape index (κ1) is 34.3. The molecule has 1 aliphatic rings. The summed E-state index contributed by atoms with van der Waals surface area (Å²) in [6.45, 7) is 4.06. The number of carbonyl (C=O) groups is 1. The molecular weight excluding hydrogens is 614 g/mol. The van der Waals surface area contributed by atoms with Crippen LogP contribution in [0.5, 0.6) is 5.75 Å². The molecule has 1 fully saturated rings. The molecule has 0 saturated carbocycles. The van der Waals surface area contributed by atoms with Crippen LogP contribution in [-0.4, -0.2) is 112 Å². The van der Waals surface area contributed by atoms with E-state index in [-0.39, 0.29) is 23.6 Å². The highest BCUT2D eigenvalue weighted by Gasteiger charge is 2.34. The number of methoxy groups -OCH3 is 1. The minimum atomic E-state index is -3.93. The van der Waals surface area contributed by atoms with Crippen LogP contribution in [-0.2, 0) is 27.8 Å². The zero-order valence-electron chi connectivity index (χ0n) is 27.5. The zero-order chi connectivity index (χ0) is 33.2. The van der Waals surface area contributed by atoms with Crippen LogP contribution in [0.1, 0.15) is 17.5 Å². The highest BCUT2D eigenvalue weighted by molar-refractivity contribution is 7.89. The van der Waals surface area contributed by atoms with Crippen molar-refractivity contribution in [1.29, 1.82) is 0 Å². The van der Waals surface area contributed by atoms with E-state index >= 15 is 0 Å². The Labute approximate surface area is 278 Å². The first-order valence-corrected chi connectivity index (χ1v) is 17.5. The van der Waals surface area contributed by atoms with Crippen molar-refractivity contribution < 1.29 is 22.7 Å². The molecule has 0 bridgehead atoms. The summed E-state index contributed by atoms with van der Waals surface area (Å²) in [4.78, 5) is 23.5. The van der Waals surface area contributed by atoms with Gasteiger partial charge in [-0.15, -0.1) is 0 Å². The maximum Gasteiger partial charge on any atom is 0.410 e. The normalized spacial score (nSPS) is 15.1. The molecule has 3 aromatic carbocycles. The number of amides is 1. The molecule has 1 atom stereocenters. The molecule has 1 aliphatic heterocycles. The second-order valence-electron chi connectivity index (χ2n) is 12.2. The number of hydrogen-bond acceptors (Lipinski definition) is 8. The Hall–Kier alpha value is -4.03. The number of pyridine rings is 1. The standard InChI is InChI=1S/C36H45N5O5S/c1-38(2)21-24-41(47(43,44)35-12-7-11-31-26-37-18-17-34(31)35)32(25-29-13-15-33(45-3)16-14-29)27-39-19-8-20-40(23-22-39)36(42)46-28-30-9-5-4-6-10-30/h4-7,9-18,26,32H,8,19-25,27-28H2,1-3H3. The first-order valence-electron chi connectivity index (χ1n) is 16.0. The highest BCUT2D eigenvalue weighted by Crippen LogP contribution is 2.28. The fraction of sp³-hybridized carbons (Fsp3) is 0.389. The van der Waals surface area contributed by atoms with Crippen LogP contribution < -0.4 is 4.74 Å². The van der Waals surface area contributed by atoms with Crippen molar-refractivity contribution in [3.05, 3.63) is 102 Å². The van der Waals surface area contributed by atoms with Gasteiger partial charge in [0.1, 0.15) is 12.4 Å². The van der Waals surface area contributed by atoms with Crippen LogP contribution >= 0.6 is 0 Å². The lowest BCUT2D eigenvalue weighted by Gasteiger charge is -2.35. The van der Waals surface area contributed by atoms with Crippen LogP contribution in [0.4, 0.5) is 4.79 Å². The Kier molecular flexibility index (Phi) is 11.8. The lowest BCUT2D eigenvalue weighted by atomic mass is 10.0. The van der Waals surface area contributed by atoms with Gasteiger partial charge < -0.3 is 19.3 Å². The molecule has 5 rings (SSSR count). The van der Waals surface area contributed by atoms with E-state index in [1.165, 1.54) is 0 Å². The summed E-state index contributed by atoms with van der Waals surface area (Å²) in [5.74, 6) is 0.749. The number of hydrogen-bond donors (Lipinski definition) is 0. The molecule has 4 aromatic rings. The van der Waals surface area contributed by atoms with Gasteiger partial charge in [-0.3, -0.25) is 9.88 Å². The summed E-state index contributed by atoms with van der Waals surface area (Å²) in [7, 11) is 1.60. The molecule has 1 amide bonds. The number of likely N-dealkylation sites (N-methyl/N-ethyl adjacent to an activating group) is 1. The monoisotopic (exact) mass is 659 g/mol. The lowest BCUT2D eigenvalue weighted by molar-refractivity contribution is 0.0969. The van der Waals surface area contributed by atoms with Crippen LogP contribution in [0.25, 0.3) is 10.8 Å². The van der Waals surface area contributed by atoms with Gasteiger partial charge in [0, 0.05) is 68.5 Å². The van der Waals surface area contributed by atoms with Gasteiger partial charge in [-0.2, -0.15) is 4.31 Å². The van der Waals surface area contributed by atoms with Gasteiger partial charge in [-0.05, 0) is 68.9 Å². The fourth-order valence-corrected chi connectivity index (χ4v) is 7.80. The molecule has 250 valence electrons. The molecule has 0 spiro atoms. The van der Waals surface area contributed by atoms with E-state index in [1.54, 1.807) is 46.9 Å². The van der Waals surface area contributed by atoms with E-state index in [1.807, 2.05) is 79.7 Å². The van der Waals surface area contributed by atoms with Crippen LogP contribution in [0.3, 0.4) is 0 Å². The predicted molar refractivity (Wildman–Crippen MR) is 184 cm³/mol. The molecule has 11 heteroatoms. The van der Waals surface area contributed by atoms with E-state index in [0.717, 1.165) is 35.2 Å². The third kappa shape index (κ3) is 9.07. The van der Waals surface area contributed by atoms with Gasteiger partial charge in [-0.25, -0.2) is 13.2 Å². The van der Waals surface area contributed by atoms with Crippen molar-refractivity contribution in [1.82, 2.24) is 24.0 Å². The average molecular weight is 660 g/mol. The summed E-state index contributed by atoms with van der Waals surface area (Å²) in [6, 6.07) is 24.2. The van der Waals surface area contributed by atoms with Crippen molar-refractivity contribution >= 4 is 26.9 Å². The summed E-state index contributed by atoms with van der Waals surface area (Å²) >= 11 is 0. The minimum absolute atomic E-state index is 0.229. The molecule has 0 aliphatic carbocycles. The van der Waals surface area contributed by atoms with Gasteiger partial charge >= 0.3 is 6.09 Å². The Bertz CT molecular complexity index is 1700. The summed E-state index contributed by atoms with van der Waals surface area (Å²) in [6.07, 6.45) is 4.28. The molecule has 0 radical (unpaired) electrons. The second-order valence-corrected chi connectivity index (χ2v) is 14.0. The van der Waals surface area contributed by atoms with Crippen molar-refractivity contribution in [2.75, 3.05) is 67.0 Å². The average Bonchev–Trinajstić information content (AvgIpc) is 3.33. The molecular formula is C36H45N5O5S. The molecule has 1 saturated heterocycles. The minimum Gasteiger partial charge on any atom is -0.497 e. The van der Waals surface area contributed by atoms with E-state index in [0.29, 0.717) is 51.1 Å². The zero-order valence-corrected chi connectivity index (χ0v) is 28.3. The quantitative estimate of drug-likeness (QED) is 0.203. The molecule has 0 N–H and O–H groups in total. The van der Waals surface area contributed by atoms with E-state index in [4.69, 9.17) is 9.47 Å². The van der Waals surface area contributed by atoms with Crippen molar-refractivity contribution in [2.45, 2.75) is 30.4 Å². The smallest absolute Gasteiger partial charge is 0.410 e. The Morgan fingerprint density at radius 3 is 2.43 bits per heavy atom. The van der Waals surface area contributed by atoms with Gasteiger partial charge in [0.2, 0.25) is 10.0 Å². The van der Waals surface area contributed by atoms with Crippen molar-refractivity contribution in [3.8, 4) is 5.75 Å². The number of nitrogens with zero attached hydrogens (tertiary/aromatic N) is 5.